The number of rotatable bonds is 3. The quantitative estimate of drug-likeness (QED) is 0.780. The Morgan fingerprint density at radius 2 is 1.56 bits per heavy atom. The van der Waals surface area contributed by atoms with Crippen molar-refractivity contribution in [2.24, 2.45) is 0 Å². The van der Waals surface area contributed by atoms with Gasteiger partial charge in [-0.2, -0.15) is 0 Å². The van der Waals surface area contributed by atoms with E-state index >= 15 is 0 Å². The Bertz CT molecular complexity index is 1040. The molecule has 1 aromatic carbocycles. The molecular formula is C19H19N3O2S. The van der Waals surface area contributed by atoms with Gasteiger partial charge in [-0.3, -0.25) is 4.98 Å². The molecule has 5 nitrogen and oxygen atoms in total. The van der Waals surface area contributed by atoms with E-state index in [1.165, 1.54) is 6.26 Å². The molecular weight excluding hydrogens is 334 g/mol. The van der Waals surface area contributed by atoms with E-state index in [0.717, 1.165) is 33.6 Å². The fourth-order valence-corrected chi connectivity index (χ4v) is 3.50. The maximum absolute atomic E-state index is 11.7. The number of sulfone groups is 1. The van der Waals surface area contributed by atoms with Gasteiger partial charge in [-0.05, 0) is 55.3 Å². The van der Waals surface area contributed by atoms with Gasteiger partial charge in [0.15, 0.2) is 9.84 Å². The molecule has 3 aromatic rings. The number of aromatic nitrogens is 2. The molecule has 0 aliphatic heterocycles. The lowest BCUT2D eigenvalue weighted by molar-refractivity contribution is 0.602. The van der Waals surface area contributed by atoms with E-state index in [-0.39, 0.29) is 0 Å². The minimum atomic E-state index is -3.22. The number of nitrogens with two attached hydrogens (primary N) is 1. The van der Waals surface area contributed by atoms with Crippen LogP contribution in [-0.2, 0) is 9.84 Å². The van der Waals surface area contributed by atoms with Crippen molar-refractivity contribution < 1.29 is 8.42 Å². The monoisotopic (exact) mass is 353 g/mol. The summed E-state index contributed by atoms with van der Waals surface area (Å²) < 4.78 is 23.3. The van der Waals surface area contributed by atoms with Gasteiger partial charge < -0.3 is 5.73 Å². The van der Waals surface area contributed by atoms with Crippen LogP contribution in [0, 0.1) is 13.8 Å². The number of benzene rings is 1. The fourth-order valence-electron chi connectivity index (χ4n) is 2.87. The number of nitrogens with zero attached hydrogens (tertiary/aromatic N) is 2. The van der Waals surface area contributed by atoms with E-state index in [0.29, 0.717) is 10.7 Å². The molecule has 0 aliphatic carbocycles. The summed E-state index contributed by atoms with van der Waals surface area (Å²) >= 11 is 0. The zero-order valence-corrected chi connectivity index (χ0v) is 15.1. The van der Waals surface area contributed by atoms with Crippen molar-refractivity contribution >= 4 is 15.7 Å². The van der Waals surface area contributed by atoms with E-state index in [2.05, 4.69) is 9.97 Å². The molecule has 0 atom stereocenters. The van der Waals surface area contributed by atoms with Crippen molar-refractivity contribution in [1.82, 2.24) is 9.97 Å². The summed E-state index contributed by atoms with van der Waals surface area (Å²) in [5.41, 5.74) is 11.3. The number of hydrogen-bond acceptors (Lipinski definition) is 5. The summed E-state index contributed by atoms with van der Waals surface area (Å²) in [6, 6.07) is 12.5. The molecule has 0 aliphatic rings. The second-order valence-electron chi connectivity index (χ2n) is 5.98. The van der Waals surface area contributed by atoms with Gasteiger partial charge in [0.05, 0.1) is 4.90 Å². The molecule has 2 aromatic heterocycles. The Morgan fingerprint density at radius 1 is 0.880 bits per heavy atom. The molecule has 0 unspecified atom stereocenters. The Labute approximate surface area is 147 Å². The Morgan fingerprint density at radius 3 is 2.16 bits per heavy atom. The zero-order valence-electron chi connectivity index (χ0n) is 14.3. The highest BCUT2D eigenvalue weighted by molar-refractivity contribution is 7.90. The van der Waals surface area contributed by atoms with Crippen LogP contribution in [0.25, 0.3) is 22.3 Å². The highest BCUT2D eigenvalue weighted by atomic mass is 32.2. The van der Waals surface area contributed by atoms with Gasteiger partial charge in [0.2, 0.25) is 0 Å². The van der Waals surface area contributed by atoms with Gasteiger partial charge >= 0.3 is 0 Å². The topological polar surface area (TPSA) is 85.9 Å². The first kappa shape index (κ1) is 17.1. The van der Waals surface area contributed by atoms with Crippen molar-refractivity contribution in [2.75, 3.05) is 12.0 Å². The van der Waals surface area contributed by atoms with Crippen LogP contribution in [0.4, 0.5) is 5.82 Å². The molecule has 0 saturated carbocycles. The van der Waals surface area contributed by atoms with Crippen molar-refractivity contribution in [1.29, 1.82) is 0 Å². The number of pyridine rings is 2. The van der Waals surface area contributed by atoms with Crippen molar-refractivity contribution in [3.8, 4) is 22.3 Å². The molecule has 128 valence electrons. The van der Waals surface area contributed by atoms with Gasteiger partial charge in [-0.15, -0.1) is 0 Å². The molecule has 3 rings (SSSR count). The minimum Gasteiger partial charge on any atom is -0.384 e. The smallest absolute Gasteiger partial charge is 0.175 e. The summed E-state index contributed by atoms with van der Waals surface area (Å²) in [7, 11) is -3.22. The molecule has 0 spiro atoms. The number of anilines is 1. The second kappa shape index (κ2) is 6.29. The lowest BCUT2D eigenvalue weighted by Gasteiger charge is -2.15. The maximum atomic E-state index is 11.7. The Hall–Kier alpha value is -2.73. The van der Waals surface area contributed by atoms with Crippen LogP contribution >= 0.6 is 0 Å². The van der Waals surface area contributed by atoms with Crippen LogP contribution in [0.1, 0.15) is 11.4 Å². The molecule has 0 radical (unpaired) electrons. The number of hydrogen-bond donors (Lipinski definition) is 1. The predicted molar refractivity (Wildman–Crippen MR) is 99.9 cm³/mol. The molecule has 0 saturated heterocycles. The van der Waals surface area contributed by atoms with E-state index in [9.17, 15) is 8.42 Å². The number of aryl methyl sites for hydroxylation is 2. The lowest BCUT2D eigenvalue weighted by Crippen LogP contribution is -1.99. The van der Waals surface area contributed by atoms with E-state index < -0.39 is 9.84 Å². The van der Waals surface area contributed by atoms with Crippen LogP contribution < -0.4 is 5.73 Å². The van der Waals surface area contributed by atoms with Gasteiger partial charge in [0, 0.05) is 35.0 Å². The SMILES string of the molecule is Cc1nc(N)ccc1-c1c(-c2ccc(S(C)(=O)=O)cc2)ccnc1C. The maximum Gasteiger partial charge on any atom is 0.175 e. The zero-order chi connectivity index (χ0) is 18.2. The molecule has 2 N–H and O–H groups in total. The third kappa shape index (κ3) is 3.39. The molecule has 0 bridgehead atoms. The molecule has 0 fully saturated rings. The summed E-state index contributed by atoms with van der Waals surface area (Å²) in [5, 5.41) is 0. The molecule has 6 heteroatoms. The summed E-state index contributed by atoms with van der Waals surface area (Å²) in [4.78, 5) is 9.05. The summed E-state index contributed by atoms with van der Waals surface area (Å²) in [6.07, 6.45) is 2.95. The van der Waals surface area contributed by atoms with Crippen molar-refractivity contribution in [2.45, 2.75) is 18.7 Å². The van der Waals surface area contributed by atoms with Gasteiger partial charge in [0.25, 0.3) is 0 Å². The third-order valence-electron chi connectivity index (χ3n) is 4.11. The number of nitrogen functional groups attached to an aromatic ring is 1. The first-order valence-electron chi connectivity index (χ1n) is 7.77. The predicted octanol–water partition coefficient (Wildman–Crippen LogP) is 3.41. The normalized spacial score (nSPS) is 11.5. The van der Waals surface area contributed by atoms with Crippen molar-refractivity contribution in [3.63, 3.8) is 0 Å². The van der Waals surface area contributed by atoms with Gasteiger partial charge in [0.1, 0.15) is 5.82 Å². The summed E-state index contributed by atoms with van der Waals surface area (Å²) in [6.45, 7) is 3.86. The average Bonchev–Trinajstić information content (AvgIpc) is 2.55. The summed E-state index contributed by atoms with van der Waals surface area (Å²) in [5.74, 6) is 0.474. The average molecular weight is 353 g/mol. The first-order chi connectivity index (χ1) is 11.8. The van der Waals surface area contributed by atoms with Crippen LogP contribution in [0.15, 0.2) is 53.6 Å². The largest absolute Gasteiger partial charge is 0.384 e. The lowest BCUT2D eigenvalue weighted by atomic mass is 9.93. The van der Waals surface area contributed by atoms with E-state index in [4.69, 9.17) is 5.73 Å². The second-order valence-corrected chi connectivity index (χ2v) is 8.00. The fraction of sp³-hybridized carbons (Fsp3) is 0.158. The Kier molecular flexibility index (Phi) is 4.30. The third-order valence-corrected chi connectivity index (χ3v) is 5.24. The van der Waals surface area contributed by atoms with Crippen molar-refractivity contribution in [3.05, 3.63) is 60.0 Å². The van der Waals surface area contributed by atoms with Crippen LogP contribution in [-0.4, -0.2) is 24.6 Å². The van der Waals surface area contributed by atoms with E-state index in [1.807, 2.05) is 38.1 Å². The Balaban J connectivity index is 2.20. The first-order valence-corrected chi connectivity index (χ1v) is 9.66. The van der Waals surface area contributed by atoms with Gasteiger partial charge in [-0.25, -0.2) is 13.4 Å². The minimum absolute atomic E-state index is 0.300. The standard InChI is InChI=1S/C19H19N3O2S/c1-12-16(8-9-18(20)22-12)19-13(2)21-11-10-17(19)14-4-6-15(7-5-14)25(3,23)24/h4-11H,1-3H3,(H2,20,22). The van der Waals surface area contributed by atoms with Crippen LogP contribution in [0.5, 0.6) is 0 Å². The molecule has 0 amide bonds. The highest BCUT2D eigenvalue weighted by Crippen LogP contribution is 2.35. The highest BCUT2D eigenvalue weighted by Gasteiger charge is 2.15. The molecule has 25 heavy (non-hydrogen) atoms. The van der Waals surface area contributed by atoms with Crippen LogP contribution in [0.2, 0.25) is 0 Å². The van der Waals surface area contributed by atoms with Crippen LogP contribution in [0.3, 0.4) is 0 Å². The molecule has 2 heterocycles. The van der Waals surface area contributed by atoms with Gasteiger partial charge in [-0.1, -0.05) is 12.1 Å². The van der Waals surface area contributed by atoms with E-state index in [1.54, 1.807) is 24.4 Å².